The first kappa shape index (κ1) is 11.6. The Kier molecular flexibility index (Phi) is 2.92. The molecule has 2 aromatic heterocycles. The monoisotopic (exact) mass is 248 g/mol. The first-order valence-corrected chi connectivity index (χ1v) is 4.83. The highest BCUT2D eigenvalue weighted by Crippen LogP contribution is 2.10. The summed E-state index contributed by atoms with van der Waals surface area (Å²) in [6.07, 6.45) is 2.29. The number of azo groups is 1. The van der Waals surface area contributed by atoms with Crippen LogP contribution in [0.3, 0.4) is 0 Å². The van der Waals surface area contributed by atoms with Crippen molar-refractivity contribution < 1.29 is 10.4 Å². The predicted octanol–water partition coefficient (Wildman–Crippen LogP) is 0.900. The molecular formula is C10H8N4O4. The van der Waals surface area contributed by atoms with E-state index in [0.717, 1.165) is 12.4 Å². The van der Waals surface area contributed by atoms with Gasteiger partial charge in [-0.1, -0.05) is 0 Å². The minimum absolute atomic E-state index is 0.132. The van der Waals surface area contributed by atoms with Crippen molar-refractivity contribution in [3.8, 4) is 0 Å². The van der Waals surface area contributed by atoms with Crippen LogP contribution in [-0.4, -0.2) is 19.9 Å². The smallest absolute Gasteiger partial charge is 0.310 e. The Bertz CT molecular complexity index is 655. The Balaban J connectivity index is 2.43. The average molecular weight is 248 g/mol. The SMILES string of the molecule is O=c1c(N=Nc2cccn(O)c2=O)cccn1O. The van der Waals surface area contributed by atoms with Gasteiger partial charge >= 0.3 is 11.1 Å². The summed E-state index contributed by atoms with van der Waals surface area (Å²) in [5.41, 5.74) is -1.79. The Hall–Kier alpha value is -2.90. The fraction of sp³-hybridized carbons (Fsp3) is 0. The number of aromatic nitrogens is 2. The van der Waals surface area contributed by atoms with Crippen LogP contribution in [0.2, 0.25) is 0 Å². The zero-order valence-corrected chi connectivity index (χ0v) is 8.96. The number of pyridine rings is 2. The molecule has 0 saturated heterocycles. The maximum atomic E-state index is 11.4. The van der Waals surface area contributed by atoms with Crippen LogP contribution < -0.4 is 11.1 Å². The van der Waals surface area contributed by atoms with Crippen LogP contribution >= 0.6 is 0 Å². The summed E-state index contributed by atoms with van der Waals surface area (Å²) in [6, 6.07) is 5.45. The molecule has 2 N–H and O–H groups in total. The third-order valence-corrected chi connectivity index (χ3v) is 2.08. The van der Waals surface area contributed by atoms with Crippen LogP contribution in [0.4, 0.5) is 11.4 Å². The van der Waals surface area contributed by atoms with Gasteiger partial charge in [-0.3, -0.25) is 9.59 Å². The second-order valence-corrected chi connectivity index (χ2v) is 3.29. The summed E-state index contributed by atoms with van der Waals surface area (Å²) in [6.45, 7) is 0. The van der Waals surface area contributed by atoms with Gasteiger partial charge in [0.15, 0.2) is 11.4 Å². The Labute approximate surface area is 99.6 Å². The van der Waals surface area contributed by atoms with E-state index in [0.29, 0.717) is 9.46 Å². The average Bonchev–Trinajstić information content (AvgIpc) is 2.36. The third-order valence-electron chi connectivity index (χ3n) is 2.08. The van der Waals surface area contributed by atoms with Crippen LogP contribution in [0.1, 0.15) is 0 Å². The van der Waals surface area contributed by atoms with E-state index in [1.165, 1.54) is 24.3 Å². The lowest BCUT2D eigenvalue weighted by molar-refractivity contribution is 0.175. The minimum Gasteiger partial charge on any atom is -0.425 e. The van der Waals surface area contributed by atoms with Gasteiger partial charge in [-0.05, 0) is 24.3 Å². The van der Waals surface area contributed by atoms with Gasteiger partial charge in [-0.2, -0.15) is 9.46 Å². The molecule has 0 amide bonds. The van der Waals surface area contributed by atoms with Gasteiger partial charge in [0.25, 0.3) is 0 Å². The molecule has 0 saturated carbocycles. The van der Waals surface area contributed by atoms with Gasteiger partial charge in [-0.15, -0.1) is 10.2 Å². The lowest BCUT2D eigenvalue weighted by Gasteiger charge is -1.96. The largest absolute Gasteiger partial charge is 0.425 e. The molecule has 0 fully saturated rings. The van der Waals surface area contributed by atoms with Gasteiger partial charge in [-0.25, -0.2) is 0 Å². The summed E-state index contributed by atoms with van der Waals surface area (Å²) in [4.78, 5) is 22.7. The molecular weight excluding hydrogens is 240 g/mol. The molecule has 0 aromatic carbocycles. The summed E-state index contributed by atoms with van der Waals surface area (Å²) >= 11 is 0. The molecule has 92 valence electrons. The highest BCUT2D eigenvalue weighted by molar-refractivity contribution is 5.36. The summed E-state index contributed by atoms with van der Waals surface area (Å²) in [5.74, 6) is 0. The van der Waals surface area contributed by atoms with Gasteiger partial charge in [0.1, 0.15) is 0 Å². The zero-order valence-electron chi connectivity index (χ0n) is 8.96. The molecule has 0 aliphatic heterocycles. The highest BCUT2D eigenvalue weighted by Gasteiger charge is 2.02. The molecule has 0 bridgehead atoms. The Morgan fingerprint density at radius 1 is 0.833 bits per heavy atom. The molecule has 18 heavy (non-hydrogen) atoms. The van der Waals surface area contributed by atoms with Crippen molar-refractivity contribution in [1.29, 1.82) is 0 Å². The van der Waals surface area contributed by atoms with E-state index in [1.807, 2.05) is 0 Å². The van der Waals surface area contributed by atoms with Crippen LogP contribution in [-0.2, 0) is 0 Å². The van der Waals surface area contributed by atoms with Crippen molar-refractivity contribution >= 4 is 11.4 Å². The maximum Gasteiger partial charge on any atom is 0.310 e. The normalized spacial score (nSPS) is 10.9. The molecule has 0 radical (unpaired) electrons. The fourth-order valence-electron chi connectivity index (χ4n) is 1.20. The molecule has 0 spiro atoms. The van der Waals surface area contributed by atoms with Crippen molar-refractivity contribution in [3.63, 3.8) is 0 Å². The van der Waals surface area contributed by atoms with E-state index in [-0.39, 0.29) is 11.4 Å². The van der Waals surface area contributed by atoms with Crippen LogP contribution in [0.25, 0.3) is 0 Å². The molecule has 0 aliphatic rings. The Morgan fingerprint density at radius 2 is 1.22 bits per heavy atom. The van der Waals surface area contributed by atoms with E-state index in [9.17, 15) is 9.59 Å². The number of hydrogen-bond acceptors (Lipinski definition) is 6. The van der Waals surface area contributed by atoms with E-state index in [1.54, 1.807) is 0 Å². The van der Waals surface area contributed by atoms with Crippen LogP contribution in [0.15, 0.2) is 56.5 Å². The van der Waals surface area contributed by atoms with E-state index >= 15 is 0 Å². The van der Waals surface area contributed by atoms with Gasteiger partial charge in [0.2, 0.25) is 0 Å². The Morgan fingerprint density at radius 3 is 1.61 bits per heavy atom. The second kappa shape index (κ2) is 4.53. The first-order valence-electron chi connectivity index (χ1n) is 4.83. The van der Waals surface area contributed by atoms with E-state index < -0.39 is 11.1 Å². The number of rotatable bonds is 2. The molecule has 0 aliphatic carbocycles. The summed E-state index contributed by atoms with van der Waals surface area (Å²) in [5, 5.41) is 25.3. The molecule has 0 unspecified atom stereocenters. The van der Waals surface area contributed by atoms with Gasteiger partial charge in [0, 0.05) is 12.4 Å². The van der Waals surface area contributed by atoms with E-state index in [2.05, 4.69) is 10.2 Å². The summed E-state index contributed by atoms with van der Waals surface area (Å²) in [7, 11) is 0. The maximum absolute atomic E-state index is 11.4. The van der Waals surface area contributed by atoms with Crippen LogP contribution in [0.5, 0.6) is 0 Å². The van der Waals surface area contributed by atoms with Gasteiger partial charge < -0.3 is 10.4 Å². The molecule has 2 heterocycles. The third kappa shape index (κ3) is 2.12. The first-order chi connectivity index (χ1) is 8.59. The molecule has 2 rings (SSSR count). The van der Waals surface area contributed by atoms with Crippen molar-refractivity contribution in [3.05, 3.63) is 57.4 Å². The number of nitrogens with zero attached hydrogens (tertiary/aromatic N) is 4. The fourth-order valence-corrected chi connectivity index (χ4v) is 1.20. The van der Waals surface area contributed by atoms with Crippen molar-refractivity contribution in [2.45, 2.75) is 0 Å². The molecule has 8 heteroatoms. The quantitative estimate of drug-likeness (QED) is 0.607. The molecule has 0 atom stereocenters. The van der Waals surface area contributed by atoms with Gasteiger partial charge in [0.05, 0.1) is 0 Å². The lowest BCUT2D eigenvalue weighted by Crippen LogP contribution is -2.16. The second-order valence-electron chi connectivity index (χ2n) is 3.29. The molecule has 8 nitrogen and oxygen atoms in total. The number of hydrogen-bond donors (Lipinski definition) is 2. The zero-order chi connectivity index (χ0) is 13.1. The topological polar surface area (TPSA) is 109 Å². The standard InChI is InChI=1S/C10H8N4O4/c15-9-7(3-1-5-13(9)17)11-12-8-4-2-6-14(18)10(8)16/h1-6,17-18H. The highest BCUT2D eigenvalue weighted by atomic mass is 16.5. The van der Waals surface area contributed by atoms with Crippen molar-refractivity contribution in [2.75, 3.05) is 0 Å². The van der Waals surface area contributed by atoms with Crippen molar-refractivity contribution in [1.82, 2.24) is 9.46 Å². The van der Waals surface area contributed by atoms with Crippen LogP contribution in [0, 0.1) is 0 Å². The van der Waals surface area contributed by atoms with Crippen molar-refractivity contribution in [2.24, 2.45) is 10.2 Å². The minimum atomic E-state index is -0.762. The predicted molar refractivity (Wildman–Crippen MR) is 59.9 cm³/mol. The summed E-state index contributed by atoms with van der Waals surface area (Å²) < 4.78 is 0.702. The van der Waals surface area contributed by atoms with E-state index in [4.69, 9.17) is 10.4 Å². The molecule has 2 aromatic rings. The lowest BCUT2D eigenvalue weighted by atomic mass is 10.4.